The zero-order valence-corrected chi connectivity index (χ0v) is 20.5. The minimum absolute atomic E-state index is 0.0333. The number of likely N-dealkylation sites (N-methyl/N-ethyl adjacent to an activating group) is 1. The van der Waals surface area contributed by atoms with Crippen molar-refractivity contribution in [1.82, 2.24) is 19.2 Å². The van der Waals surface area contributed by atoms with E-state index in [0.717, 1.165) is 10.9 Å². The third-order valence-corrected chi connectivity index (χ3v) is 5.92. The summed E-state index contributed by atoms with van der Waals surface area (Å²) in [6.45, 7) is 0.0571. The predicted octanol–water partition coefficient (Wildman–Crippen LogP) is 3.53. The highest BCUT2D eigenvalue weighted by molar-refractivity contribution is 6.31. The van der Waals surface area contributed by atoms with Crippen LogP contribution in [0.25, 0.3) is 27.5 Å². The Morgan fingerprint density at radius 3 is 2.54 bits per heavy atom. The van der Waals surface area contributed by atoms with Crippen LogP contribution in [0.4, 0.5) is 4.39 Å². The molecule has 4 aromatic rings. The molecular weight excluding hydrogens is 475 g/mol. The molecule has 0 radical (unpaired) electrons. The SMILES string of the molecule is CN(C)C(=O)Cc1nn(-c2ccc(OCCOCCF)cc2)c(=O)c2c1c1ccc(Cl)cc1n2C. The Bertz CT molecular complexity index is 1430. The number of hydrogen-bond donors (Lipinski definition) is 0. The molecule has 2 heterocycles. The Kier molecular flexibility index (Phi) is 7.37. The van der Waals surface area contributed by atoms with E-state index in [1.165, 1.54) is 9.58 Å². The van der Waals surface area contributed by atoms with E-state index < -0.39 is 6.67 Å². The molecule has 0 unspecified atom stereocenters. The van der Waals surface area contributed by atoms with Crippen molar-refractivity contribution < 1.29 is 18.7 Å². The number of ether oxygens (including phenoxy) is 2. The number of amides is 1. The van der Waals surface area contributed by atoms with Crippen molar-refractivity contribution in [3.05, 3.63) is 63.5 Å². The molecule has 0 bridgehead atoms. The fraction of sp³-hybridized carbons (Fsp3) is 0.320. The molecule has 0 saturated carbocycles. The topological polar surface area (TPSA) is 78.6 Å². The van der Waals surface area contributed by atoms with Crippen LogP contribution in [0.1, 0.15) is 5.69 Å². The maximum Gasteiger partial charge on any atom is 0.296 e. The molecule has 0 N–H and O–H groups in total. The van der Waals surface area contributed by atoms with Gasteiger partial charge in [0.1, 0.15) is 24.5 Å². The minimum atomic E-state index is -0.535. The van der Waals surface area contributed by atoms with E-state index in [-0.39, 0.29) is 37.7 Å². The lowest BCUT2D eigenvalue weighted by molar-refractivity contribution is -0.128. The fourth-order valence-corrected chi connectivity index (χ4v) is 4.09. The summed E-state index contributed by atoms with van der Waals surface area (Å²) in [6.07, 6.45) is 0.0333. The van der Waals surface area contributed by atoms with E-state index in [4.69, 9.17) is 21.1 Å². The fourth-order valence-electron chi connectivity index (χ4n) is 3.93. The van der Waals surface area contributed by atoms with Gasteiger partial charge in [-0.2, -0.15) is 9.78 Å². The number of halogens is 2. The summed E-state index contributed by atoms with van der Waals surface area (Å²) in [5, 5.41) is 6.62. The average Bonchev–Trinajstić information content (AvgIpc) is 3.13. The largest absolute Gasteiger partial charge is 0.491 e. The molecule has 0 saturated heterocycles. The van der Waals surface area contributed by atoms with E-state index in [0.29, 0.717) is 33.1 Å². The van der Waals surface area contributed by atoms with Crippen molar-refractivity contribution in [1.29, 1.82) is 0 Å². The molecule has 0 atom stereocenters. The molecule has 8 nitrogen and oxygen atoms in total. The molecule has 0 fully saturated rings. The number of aromatic nitrogens is 3. The number of aryl methyl sites for hydroxylation is 1. The lowest BCUT2D eigenvalue weighted by Crippen LogP contribution is -2.28. The van der Waals surface area contributed by atoms with Gasteiger partial charge in [0, 0.05) is 36.9 Å². The molecule has 0 spiro atoms. The summed E-state index contributed by atoms with van der Waals surface area (Å²) in [4.78, 5) is 27.7. The van der Waals surface area contributed by atoms with Gasteiger partial charge in [0.2, 0.25) is 5.91 Å². The molecule has 0 aliphatic rings. The van der Waals surface area contributed by atoms with Crippen LogP contribution in [0.3, 0.4) is 0 Å². The molecule has 10 heteroatoms. The number of hydrogen-bond acceptors (Lipinski definition) is 5. The zero-order valence-electron chi connectivity index (χ0n) is 19.8. The maximum absolute atomic E-state index is 13.6. The molecule has 0 aliphatic carbocycles. The van der Waals surface area contributed by atoms with Crippen molar-refractivity contribution >= 4 is 39.3 Å². The summed E-state index contributed by atoms with van der Waals surface area (Å²) in [7, 11) is 5.16. The third kappa shape index (κ3) is 5.01. The van der Waals surface area contributed by atoms with Crippen LogP contribution in [0.5, 0.6) is 5.75 Å². The van der Waals surface area contributed by atoms with Gasteiger partial charge in [0.25, 0.3) is 5.56 Å². The van der Waals surface area contributed by atoms with Crippen LogP contribution in [0.2, 0.25) is 5.02 Å². The van der Waals surface area contributed by atoms with E-state index in [2.05, 4.69) is 5.10 Å². The Morgan fingerprint density at radius 2 is 1.86 bits per heavy atom. The van der Waals surface area contributed by atoms with Crippen LogP contribution < -0.4 is 10.3 Å². The monoisotopic (exact) mass is 500 g/mol. The number of alkyl halides is 1. The maximum atomic E-state index is 13.6. The molecule has 4 rings (SSSR count). The summed E-state index contributed by atoms with van der Waals surface area (Å²) >= 11 is 6.22. The summed E-state index contributed by atoms with van der Waals surface area (Å²) in [5.41, 5.74) is 1.92. The van der Waals surface area contributed by atoms with E-state index in [1.807, 2.05) is 6.07 Å². The molecule has 35 heavy (non-hydrogen) atoms. The molecule has 2 aromatic heterocycles. The van der Waals surface area contributed by atoms with Gasteiger partial charge < -0.3 is 18.9 Å². The second-order valence-electron chi connectivity index (χ2n) is 8.22. The summed E-state index contributed by atoms with van der Waals surface area (Å²) in [6, 6.07) is 12.3. The number of fused-ring (bicyclic) bond motifs is 3. The van der Waals surface area contributed by atoms with Gasteiger partial charge in [-0.25, -0.2) is 4.39 Å². The molecular formula is C25H26ClFN4O4. The first-order valence-corrected chi connectivity index (χ1v) is 11.5. The quantitative estimate of drug-likeness (QED) is 0.329. The molecule has 184 valence electrons. The van der Waals surface area contributed by atoms with Crippen LogP contribution in [0, 0.1) is 0 Å². The third-order valence-electron chi connectivity index (χ3n) is 5.68. The molecule has 1 amide bonds. The first kappa shape index (κ1) is 24.7. The normalized spacial score (nSPS) is 11.3. The number of carbonyl (C=O) groups is 1. The van der Waals surface area contributed by atoms with Crippen molar-refractivity contribution in [3.63, 3.8) is 0 Å². The van der Waals surface area contributed by atoms with Crippen LogP contribution in [0.15, 0.2) is 47.3 Å². The Hall–Kier alpha value is -3.43. The van der Waals surface area contributed by atoms with E-state index >= 15 is 0 Å². The smallest absolute Gasteiger partial charge is 0.296 e. The van der Waals surface area contributed by atoms with Gasteiger partial charge in [-0.3, -0.25) is 9.59 Å². The lowest BCUT2D eigenvalue weighted by Gasteiger charge is -2.13. The van der Waals surface area contributed by atoms with Crippen molar-refractivity contribution in [2.75, 3.05) is 40.6 Å². The second kappa shape index (κ2) is 10.5. The summed E-state index contributed by atoms with van der Waals surface area (Å²) < 4.78 is 25.8. The van der Waals surface area contributed by atoms with Gasteiger partial charge in [-0.1, -0.05) is 17.7 Å². The Balaban J connectivity index is 1.79. The second-order valence-corrected chi connectivity index (χ2v) is 8.65. The Morgan fingerprint density at radius 1 is 1.11 bits per heavy atom. The van der Waals surface area contributed by atoms with E-state index in [1.54, 1.807) is 62.1 Å². The highest BCUT2D eigenvalue weighted by Crippen LogP contribution is 2.31. The highest BCUT2D eigenvalue weighted by atomic mass is 35.5. The average molecular weight is 501 g/mol. The Labute approximate surface area is 206 Å². The first-order valence-electron chi connectivity index (χ1n) is 11.1. The molecule has 0 aliphatic heterocycles. The van der Waals surface area contributed by atoms with Crippen LogP contribution in [-0.4, -0.2) is 65.7 Å². The van der Waals surface area contributed by atoms with Gasteiger partial charge in [0.05, 0.1) is 36.5 Å². The van der Waals surface area contributed by atoms with Gasteiger partial charge in [-0.15, -0.1) is 0 Å². The van der Waals surface area contributed by atoms with Gasteiger partial charge in [-0.05, 0) is 36.4 Å². The lowest BCUT2D eigenvalue weighted by atomic mass is 10.1. The summed E-state index contributed by atoms with van der Waals surface area (Å²) in [5.74, 6) is 0.447. The van der Waals surface area contributed by atoms with Crippen LogP contribution in [-0.2, 0) is 23.0 Å². The number of benzene rings is 2. The van der Waals surface area contributed by atoms with Crippen molar-refractivity contribution in [3.8, 4) is 11.4 Å². The van der Waals surface area contributed by atoms with Gasteiger partial charge in [0.15, 0.2) is 0 Å². The number of nitrogens with zero attached hydrogens (tertiary/aromatic N) is 4. The predicted molar refractivity (Wildman–Crippen MR) is 134 cm³/mol. The highest BCUT2D eigenvalue weighted by Gasteiger charge is 2.22. The van der Waals surface area contributed by atoms with Crippen molar-refractivity contribution in [2.24, 2.45) is 7.05 Å². The number of carbonyl (C=O) groups excluding carboxylic acids is 1. The van der Waals surface area contributed by atoms with Crippen molar-refractivity contribution in [2.45, 2.75) is 6.42 Å². The van der Waals surface area contributed by atoms with Crippen LogP contribution >= 0.6 is 11.6 Å². The zero-order chi connectivity index (χ0) is 25.1. The number of rotatable bonds is 9. The first-order chi connectivity index (χ1) is 16.8. The minimum Gasteiger partial charge on any atom is -0.491 e. The van der Waals surface area contributed by atoms with Gasteiger partial charge >= 0.3 is 0 Å². The molecule has 2 aromatic carbocycles. The standard InChI is InChI=1S/C25H26ClFN4O4/c1-29(2)22(32)15-20-23-19-9-4-16(26)14-21(19)30(3)24(23)25(33)31(28-20)17-5-7-18(8-6-17)35-13-12-34-11-10-27/h4-9,14H,10-13,15H2,1-3H3. The van der Waals surface area contributed by atoms with E-state index in [9.17, 15) is 14.0 Å².